The molecule has 0 aliphatic rings. The Hall–Kier alpha value is -0.480. The second-order valence-electron chi connectivity index (χ2n) is 1.89. The molecule has 0 aromatic rings. The molecule has 4 N–H and O–H groups in total. The van der Waals surface area contributed by atoms with Crippen LogP contribution in [0.25, 0.3) is 0 Å². The normalized spacial score (nSPS) is 8.20. The van der Waals surface area contributed by atoms with E-state index in [0.29, 0.717) is 6.54 Å². The molecule has 0 aliphatic carbocycles. The molecule has 0 bridgehead atoms. The van der Waals surface area contributed by atoms with Gasteiger partial charge in [0.05, 0.1) is 0 Å². The predicted octanol–water partition coefficient (Wildman–Crippen LogP) is 0.463. The van der Waals surface area contributed by atoms with E-state index in [0.717, 1.165) is 17.9 Å². The number of rotatable bonds is 3. The summed E-state index contributed by atoms with van der Waals surface area (Å²) in [7, 11) is 0. The summed E-state index contributed by atoms with van der Waals surface area (Å²) < 4.78 is 0. The lowest BCUT2D eigenvalue weighted by atomic mass is 10.3. The highest BCUT2D eigenvalue weighted by Gasteiger charge is 1.99. The lowest BCUT2D eigenvalue weighted by molar-refractivity contribution is 0.208. The van der Waals surface area contributed by atoms with Gasteiger partial charge in [-0.05, 0) is 6.42 Å². The van der Waals surface area contributed by atoms with Crippen LogP contribution in [0.15, 0.2) is 0 Å². The number of nitrogens with zero attached hydrogens (tertiary/aromatic N) is 1. The molecule has 62 valence electrons. The van der Waals surface area contributed by atoms with Crippen LogP contribution in [0, 0.1) is 0 Å². The van der Waals surface area contributed by atoms with Gasteiger partial charge in [0.25, 0.3) is 0 Å². The van der Waals surface area contributed by atoms with Gasteiger partial charge >= 0.3 is 6.03 Å². The molecule has 0 aromatic carbocycles. The van der Waals surface area contributed by atoms with E-state index in [2.05, 4.69) is 0 Å². The van der Waals surface area contributed by atoms with Gasteiger partial charge in [-0.15, -0.1) is 12.4 Å². The smallest absolute Gasteiger partial charge is 0.328 e. The molecule has 2 amide bonds. The van der Waals surface area contributed by atoms with Gasteiger partial charge in [-0.25, -0.2) is 10.6 Å². The van der Waals surface area contributed by atoms with Gasteiger partial charge in [0.1, 0.15) is 0 Å². The highest BCUT2D eigenvalue weighted by molar-refractivity contribution is 5.85. The fourth-order valence-electron chi connectivity index (χ4n) is 0.439. The third-order valence-corrected chi connectivity index (χ3v) is 1.04. The Balaban J connectivity index is 0. The fraction of sp³-hybridized carbons (Fsp3) is 0.800. The van der Waals surface area contributed by atoms with Crippen molar-refractivity contribution in [3.8, 4) is 0 Å². The first kappa shape index (κ1) is 12.2. The van der Waals surface area contributed by atoms with E-state index in [-0.39, 0.29) is 12.4 Å². The van der Waals surface area contributed by atoms with Crippen LogP contribution in [-0.4, -0.2) is 17.6 Å². The lowest BCUT2D eigenvalue weighted by Gasteiger charge is -2.11. The van der Waals surface area contributed by atoms with Crippen molar-refractivity contribution in [1.82, 2.24) is 5.01 Å². The number of carbonyl (C=O) groups excluding carboxylic acids is 1. The maximum atomic E-state index is 10.2. The van der Waals surface area contributed by atoms with Gasteiger partial charge in [0.2, 0.25) is 0 Å². The zero-order valence-electron chi connectivity index (χ0n) is 6.04. The maximum Gasteiger partial charge on any atom is 0.328 e. The SMILES string of the molecule is CCCCN(N)C(N)=O.Cl. The molecule has 0 spiro atoms. The molecule has 0 atom stereocenters. The summed E-state index contributed by atoms with van der Waals surface area (Å²) in [5, 5.41) is 1.02. The molecule has 0 rings (SSSR count). The zero-order chi connectivity index (χ0) is 7.28. The van der Waals surface area contributed by atoms with Gasteiger partial charge in [-0.1, -0.05) is 13.3 Å². The Morgan fingerprint density at radius 3 is 2.40 bits per heavy atom. The number of primary amides is 1. The zero-order valence-corrected chi connectivity index (χ0v) is 6.86. The largest absolute Gasteiger partial charge is 0.350 e. The summed E-state index contributed by atoms with van der Waals surface area (Å²) in [5.41, 5.74) is 4.84. The highest BCUT2D eigenvalue weighted by atomic mass is 35.5. The third kappa shape index (κ3) is 5.65. The monoisotopic (exact) mass is 167 g/mol. The molecule has 0 heterocycles. The quantitative estimate of drug-likeness (QED) is 0.364. The van der Waals surface area contributed by atoms with Crippen molar-refractivity contribution in [1.29, 1.82) is 0 Å². The van der Waals surface area contributed by atoms with Crippen LogP contribution in [0.3, 0.4) is 0 Å². The van der Waals surface area contributed by atoms with Gasteiger partial charge in [0, 0.05) is 6.54 Å². The van der Waals surface area contributed by atoms with E-state index in [4.69, 9.17) is 11.6 Å². The number of halogens is 1. The van der Waals surface area contributed by atoms with Crippen molar-refractivity contribution in [2.45, 2.75) is 19.8 Å². The summed E-state index contributed by atoms with van der Waals surface area (Å²) in [5.74, 6) is 5.16. The van der Waals surface area contributed by atoms with Crippen LogP contribution in [0.1, 0.15) is 19.8 Å². The molecular weight excluding hydrogens is 154 g/mol. The van der Waals surface area contributed by atoms with Gasteiger partial charge in [-0.2, -0.15) is 0 Å². The Morgan fingerprint density at radius 1 is 1.60 bits per heavy atom. The van der Waals surface area contributed by atoms with Crippen LogP contribution < -0.4 is 11.6 Å². The average molecular weight is 168 g/mol. The Morgan fingerprint density at radius 2 is 2.10 bits per heavy atom. The average Bonchev–Trinajstić information content (AvgIpc) is 1.82. The predicted molar refractivity (Wildman–Crippen MR) is 42.6 cm³/mol. The summed E-state index contributed by atoms with van der Waals surface area (Å²) in [6, 6.07) is -0.566. The number of amides is 2. The molecule has 10 heavy (non-hydrogen) atoms. The fourth-order valence-corrected chi connectivity index (χ4v) is 0.439. The van der Waals surface area contributed by atoms with Gasteiger partial charge in [-0.3, -0.25) is 5.01 Å². The van der Waals surface area contributed by atoms with E-state index in [9.17, 15) is 4.79 Å². The number of hydrazine groups is 1. The Bertz CT molecular complexity index is 98.9. The molecule has 5 heteroatoms. The summed E-state index contributed by atoms with van der Waals surface area (Å²) in [4.78, 5) is 10.2. The van der Waals surface area contributed by atoms with Crippen molar-refractivity contribution in [2.24, 2.45) is 11.6 Å². The first-order chi connectivity index (χ1) is 4.18. The molecule has 0 aromatic heterocycles. The summed E-state index contributed by atoms with van der Waals surface area (Å²) >= 11 is 0. The molecule has 0 saturated heterocycles. The molecule has 0 fully saturated rings. The van der Waals surface area contributed by atoms with Crippen LogP contribution in [0.5, 0.6) is 0 Å². The van der Waals surface area contributed by atoms with Crippen LogP contribution >= 0.6 is 12.4 Å². The van der Waals surface area contributed by atoms with Crippen molar-refractivity contribution >= 4 is 18.4 Å². The van der Waals surface area contributed by atoms with Crippen molar-refractivity contribution < 1.29 is 4.79 Å². The maximum absolute atomic E-state index is 10.2. The number of carbonyl (C=O) groups is 1. The minimum atomic E-state index is -0.566. The molecule has 0 unspecified atom stereocenters. The second kappa shape index (κ2) is 6.64. The van der Waals surface area contributed by atoms with E-state index in [1.165, 1.54) is 0 Å². The van der Waals surface area contributed by atoms with Crippen molar-refractivity contribution in [3.63, 3.8) is 0 Å². The van der Waals surface area contributed by atoms with Crippen molar-refractivity contribution in [2.75, 3.05) is 6.54 Å². The Labute approximate surface area is 66.9 Å². The molecule has 0 radical (unpaired) electrons. The minimum Gasteiger partial charge on any atom is -0.350 e. The standard InChI is InChI=1S/C5H13N3O.ClH/c1-2-3-4-8(7)5(6)9;/h2-4,7H2,1H3,(H2,6,9);1H. The van der Waals surface area contributed by atoms with Gasteiger partial charge in [0.15, 0.2) is 0 Å². The molecule has 0 saturated carbocycles. The van der Waals surface area contributed by atoms with E-state index in [1.807, 2.05) is 6.92 Å². The summed E-state index contributed by atoms with van der Waals surface area (Å²) in [6.07, 6.45) is 1.92. The van der Waals surface area contributed by atoms with E-state index < -0.39 is 6.03 Å². The first-order valence-corrected chi connectivity index (χ1v) is 3.00. The lowest BCUT2D eigenvalue weighted by Crippen LogP contribution is -2.41. The number of hydrogen-bond acceptors (Lipinski definition) is 2. The minimum absolute atomic E-state index is 0. The second-order valence-corrected chi connectivity index (χ2v) is 1.89. The Kier molecular flexibility index (Phi) is 8.11. The topological polar surface area (TPSA) is 72.3 Å². The van der Waals surface area contributed by atoms with Gasteiger partial charge < -0.3 is 5.73 Å². The number of nitrogens with two attached hydrogens (primary N) is 2. The van der Waals surface area contributed by atoms with E-state index >= 15 is 0 Å². The number of unbranched alkanes of at least 4 members (excludes halogenated alkanes) is 1. The third-order valence-electron chi connectivity index (χ3n) is 1.04. The van der Waals surface area contributed by atoms with Crippen LogP contribution in [0.2, 0.25) is 0 Å². The molecular formula is C5H14ClN3O. The number of urea groups is 1. The van der Waals surface area contributed by atoms with Crippen LogP contribution in [-0.2, 0) is 0 Å². The first-order valence-electron chi connectivity index (χ1n) is 3.00. The number of hydrogen-bond donors (Lipinski definition) is 2. The van der Waals surface area contributed by atoms with Crippen molar-refractivity contribution in [3.05, 3.63) is 0 Å². The molecule has 4 nitrogen and oxygen atoms in total. The molecule has 0 aliphatic heterocycles. The van der Waals surface area contributed by atoms with Crippen LogP contribution in [0.4, 0.5) is 4.79 Å². The highest BCUT2D eigenvalue weighted by Crippen LogP contribution is 1.87. The summed E-state index contributed by atoms with van der Waals surface area (Å²) in [6.45, 7) is 2.57. The van der Waals surface area contributed by atoms with E-state index in [1.54, 1.807) is 0 Å².